The zero-order valence-electron chi connectivity index (χ0n) is 7.45. The van der Waals surface area contributed by atoms with Gasteiger partial charge in [0, 0.05) is 12.3 Å². The minimum atomic E-state index is -3.06. The summed E-state index contributed by atoms with van der Waals surface area (Å²) >= 11 is 0. The van der Waals surface area contributed by atoms with Crippen molar-refractivity contribution in [2.75, 3.05) is 19.4 Å². The molecular formula is C7H15O4P. The number of methoxy groups -OCH3 is 1. The summed E-state index contributed by atoms with van der Waals surface area (Å²) in [5, 5.41) is 0. The van der Waals surface area contributed by atoms with Crippen molar-refractivity contribution < 1.29 is 19.0 Å². The highest BCUT2D eigenvalue weighted by Gasteiger charge is 2.18. The topological polar surface area (TPSA) is 63.6 Å². The Kier molecular flexibility index (Phi) is 5.18. The summed E-state index contributed by atoms with van der Waals surface area (Å²) in [7, 11) is -1.79. The lowest BCUT2D eigenvalue weighted by Gasteiger charge is -2.08. The largest absolute Gasteiger partial charge is 0.469 e. The van der Waals surface area contributed by atoms with E-state index in [2.05, 4.69) is 4.74 Å². The van der Waals surface area contributed by atoms with Gasteiger partial charge < -0.3 is 9.63 Å². The highest BCUT2D eigenvalue weighted by atomic mass is 31.2. The smallest absolute Gasteiger partial charge is 0.306 e. The molecule has 12 heavy (non-hydrogen) atoms. The molecule has 0 aromatic carbocycles. The van der Waals surface area contributed by atoms with E-state index in [1.165, 1.54) is 7.11 Å². The summed E-state index contributed by atoms with van der Waals surface area (Å²) in [6, 6.07) is 0. The van der Waals surface area contributed by atoms with Crippen LogP contribution < -0.4 is 0 Å². The number of ether oxygens (including phenoxy) is 1. The first-order valence-electron chi connectivity index (χ1n) is 3.89. The van der Waals surface area contributed by atoms with Gasteiger partial charge in [0.2, 0.25) is 7.37 Å². The molecule has 4 nitrogen and oxygen atoms in total. The SMILES string of the molecule is CCCP(=O)(O)CCC(=O)OC. The maximum Gasteiger partial charge on any atom is 0.306 e. The summed E-state index contributed by atoms with van der Waals surface area (Å²) in [5.41, 5.74) is 0. The van der Waals surface area contributed by atoms with E-state index in [1.54, 1.807) is 0 Å². The molecule has 0 saturated heterocycles. The molecule has 0 aliphatic rings. The number of rotatable bonds is 5. The molecule has 0 spiro atoms. The fourth-order valence-electron chi connectivity index (χ4n) is 0.829. The van der Waals surface area contributed by atoms with Crippen LogP contribution in [-0.4, -0.2) is 30.3 Å². The first kappa shape index (κ1) is 11.7. The van der Waals surface area contributed by atoms with Gasteiger partial charge in [0.25, 0.3) is 0 Å². The Morgan fingerprint density at radius 1 is 1.50 bits per heavy atom. The zero-order valence-corrected chi connectivity index (χ0v) is 8.34. The first-order chi connectivity index (χ1) is 5.52. The Balaban J connectivity index is 3.75. The van der Waals surface area contributed by atoms with E-state index < -0.39 is 13.3 Å². The molecule has 1 N–H and O–H groups in total. The monoisotopic (exact) mass is 194 g/mol. The van der Waals surface area contributed by atoms with Crippen LogP contribution in [-0.2, 0) is 14.1 Å². The van der Waals surface area contributed by atoms with Crippen LogP contribution in [0, 0.1) is 0 Å². The minimum Gasteiger partial charge on any atom is -0.469 e. The predicted octanol–water partition coefficient (Wildman–Crippen LogP) is 1.23. The van der Waals surface area contributed by atoms with E-state index in [9.17, 15) is 14.3 Å². The van der Waals surface area contributed by atoms with E-state index in [1.807, 2.05) is 6.92 Å². The highest BCUT2D eigenvalue weighted by Crippen LogP contribution is 2.41. The molecule has 0 aliphatic heterocycles. The Morgan fingerprint density at radius 3 is 2.50 bits per heavy atom. The molecule has 0 fully saturated rings. The van der Waals surface area contributed by atoms with Crippen LogP contribution in [0.3, 0.4) is 0 Å². The highest BCUT2D eigenvalue weighted by molar-refractivity contribution is 7.58. The maximum absolute atomic E-state index is 11.2. The number of carbonyl (C=O) groups excluding carboxylic acids is 1. The molecule has 1 atom stereocenters. The van der Waals surface area contributed by atoms with Crippen molar-refractivity contribution in [1.82, 2.24) is 0 Å². The van der Waals surface area contributed by atoms with Gasteiger partial charge in [-0.15, -0.1) is 0 Å². The lowest BCUT2D eigenvalue weighted by Crippen LogP contribution is -2.04. The third kappa shape index (κ3) is 5.33. The lowest BCUT2D eigenvalue weighted by molar-refractivity contribution is -0.140. The number of carbonyl (C=O) groups is 1. The van der Waals surface area contributed by atoms with Gasteiger partial charge in [-0.05, 0) is 6.42 Å². The molecule has 0 saturated carbocycles. The second-order valence-electron chi connectivity index (χ2n) is 2.62. The van der Waals surface area contributed by atoms with Gasteiger partial charge in [0.05, 0.1) is 13.5 Å². The molecule has 0 rings (SSSR count). The average Bonchev–Trinajstić information content (AvgIpc) is 2.00. The normalized spacial score (nSPS) is 15.2. The van der Waals surface area contributed by atoms with Crippen molar-refractivity contribution in [1.29, 1.82) is 0 Å². The standard InChI is InChI=1S/C7H15O4P/c1-3-5-12(9,10)6-4-7(8)11-2/h3-6H2,1-2H3,(H,9,10). The van der Waals surface area contributed by atoms with Crippen LogP contribution >= 0.6 is 7.37 Å². The third-order valence-corrected chi connectivity index (χ3v) is 3.53. The molecule has 0 aromatic heterocycles. The van der Waals surface area contributed by atoms with Gasteiger partial charge >= 0.3 is 5.97 Å². The molecule has 5 heteroatoms. The van der Waals surface area contributed by atoms with Crippen molar-refractivity contribution in [3.8, 4) is 0 Å². The quantitative estimate of drug-likeness (QED) is 0.528. The molecule has 72 valence electrons. The number of esters is 1. The van der Waals surface area contributed by atoms with E-state index in [0.29, 0.717) is 6.42 Å². The molecule has 0 amide bonds. The van der Waals surface area contributed by atoms with E-state index in [0.717, 1.165) is 0 Å². The molecule has 0 aliphatic carbocycles. The Hall–Kier alpha value is -0.340. The third-order valence-electron chi connectivity index (χ3n) is 1.47. The lowest BCUT2D eigenvalue weighted by atomic mass is 10.5. The van der Waals surface area contributed by atoms with Crippen molar-refractivity contribution in [2.24, 2.45) is 0 Å². The minimum absolute atomic E-state index is 0.0320. The Bertz CT molecular complexity index is 190. The first-order valence-corrected chi connectivity index (χ1v) is 5.92. The van der Waals surface area contributed by atoms with Crippen LogP contribution in [0.5, 0.6) is 0 Å². The van der Waals surface area contributed by atoms with Gasteiger partial charge in [0.1, 0.15) is 0 Å². The Morgan fingerprint density at radius 2 is 2.08 bits per heavy atom. The summed E-state index contributed by atoms with van der Waals surface area (Å²) in [5.74, 6) is -0.430. The van der Waals surface area contributed by atoms with Gasteiger partial charge in [-0.3, -0.25) is 9.36 Å². The number of hydrogen-bond donors (Lipinski definition) is 1. The van der Waals surface area contributed by atoms with Crippen molar-refractivity contribution in [3.05, 3.63) is 0 Å². The molecule has 0 radical (unpaired) electrons. The van der Waals surface area contributed by atoms with Crippen molar-refractivity contribution in [2.45, 2.75) is 19.8 Å². The van der Waals surface area contributed by atoms with Gasteiger partial charge in [-0.1, -0.05) is 6.92 Å². The van der Waals surface area contributed by atoms with Crippen LogP contribution in [0.25, 0.3) is 0 Å². The van der Waals surface area contributed by atoms with Crippen LogP contribution in [0.4, 0.5) is 0 Å². The summed E-state index contributed by atoms with van der Waals surface area (Å²) in [4.78, 5) is 19.8. The van der Waals surface area contributed by atoms with Crippen LogP contribution in [0.1, 0.15) is 19.8 Å². The second-order valence-corrected chi connectivity index (χ2v) is 5.21. The van der Waals surface area contributed by atoms with Crippen molar-refractivity contribution in [3.63, 3.8) is 0 Å². The fourth-order valence-corrected chi connectivity index (χ4v) is 2.28. The molecule has 0 heterocycles. The second kappa shape index (κ2) is 5.33. The maximum atomic E-state index is 11.2. The summed E-state index contributed by atoms with van der Waals surface area (Å²) in [6.07, 6.45) is 1.01. The average molecular weight is 194 g/mol. The van der Waals surface area contributed by atoms with E-state index in [-0.39, 0.29) is 18.7 Å². The predicted molar refractivity (Wildman–Crippen MR) is 46.5 cm³/mol. The molecule has 0 aromatic rings. The summed E-state index contributed by atoms with van der Waals surface area (Å²) < 4.78 is 15.5. The zero-order chi connectivity index (χ0) is 9.61. The van der Waals surface area contributed by atoms with Gasteiger partial charge in [-0.2, -0.15) is 0 Å². The molecule has 0 bridgehead atoms. The molecule has 1 unspecified atom stereocenters. The van der Waals surface area contributed by atoms with Gasteiger partial charge in [0.15, 0.2) is 0 Å². The van der Waals surface area contributed by atoms with Crippen LogP contribution in [0.15, 0.2) is 0 Å². The number of hydrogen-bond acceptors (Lipinski definition) is 3. The van der Waals surface area contributed by atoms with Crippen LogP contribution in [0.2, 0.25) is 0 Å². The Labute approximate surface area is 72.4 Å². The fraction of sp³-hybridized carbons (Fsp3) is 0.857. The summed E-state index contributed by atoms with van der Waals surface area (Å²) in [6.45, 7) is 1.83. The van der Waals surface area contributed by atoms with Gasteiger partial charge in [-0.25, -0.2) is 0 Å². The molecular weight excluding hydrogens is 179 g/mol. The van der Waals surface area contributed by atoms with E-state index in [4.69, 9.17) is 0 Å². The van der Waals surface area contributed by atoms with Crippen molar-refractivity contribution >= 4 is 13.3 Å². The van der Waals surface area contributed by atoms with E-state index >= 15 is 0 Å².